The highest BCUT2D eigenvalue weighted by molar-refractivity contribution is 5.99. The number of benzene rings is 1. The molecule has 2 atom stereocenters. The Balaban J connectivity index is 1.68. The van der Waals surface area contributed by atoms with E-state index in [4.69, 9.17) is 9.15 Å². The predicted molar refractivity (Wildman–Crippen MR) is 141 cm³/mol. The summed E-state index contributed by atoms with van der Waals surface area (Å²) in [6.07, 6.45) is 4.22. The van der Waals surface area contributed by atoms with Crippen molar-refractivity contribution >= 4 is 17.8 Å². The number of Topliss-reactive ketones (excluding diaryl/α,β-unsaturated/α-hetero) is 1. The Labute approximate surface area is 223 Å². The number of amides is 2. The summed E-state index contributed by atoms with van der Waals surface area (Å²) in [5.74, 6) is -1.57. The van der Waals surface area contributed by atoms with Crippen molar-refractivity contribution in [3.8, 4) is 0 Å². The third-order valence-electron chi connectivity index (χ3n) is 6.59. The molecule has 2 aromatic rings. The summed E-state index contributed by atoms with van der Waals surface area (Å²) in [6, 6.07) is 7.36. The van der Waals surface area contributed by atoms with Crippen LogP contribution in [0, 0.1) is 17.8 Å². The van der Waals surface area contributed by atoms with Crippen LogP contribution in [0.2, 0.25) is 0 Å². The number of nitrogens with one attached hydrogen (secondary N) is 2. The zero-order chi connectivity index (χ0) is 27.7. The number of hydrogen-bond acceptors (Lipinski definition) is 7. The molecule has 208 valence electrons. The van der Waals surface area contributed by atoms with Gasteiger partial charge in [-0.3, -0.25) is 9.59 Å². The van der Waals surface area contributed by atoms with Crippen LogP contribution >= 0.6 is 0 Å². The van der Waals surface area contributed by atoms with E-state index < -0.39 is 35.6 Å². The molecule has 1 aliphatic carbocycles. The van der Waals surface area contributed by atoms with Crippen molar-refractivity contribution < 1.29 is 23.5 Å². The van der Waals surface area contributed by atoms with Gasteiger partial charge in [0.1, 0.15) is 12.6 Å². The van der Waals surface area contributed by atoms with Gasteiger partial charge in [-0.05, 0) is 49.0 Å². The van der Waals surface area contributed by atoms with Crippen LogP contribution < -0.4 is 16.4 Å². The largest absolute Gasteiger partial charge is 0.445 e. The maximum Gasteiger partial charge on any atom is 0.437 e. The number of rotatable bonds is 13. The van der Waals surface area contributed by atoms with Gasteiger partial charge in [-0.1, -0.05) is 70.9 Å². The highest BCUT2D eigenvalue weighted by Crippen LogP contribution is 2.25. The molecule has 1 saturated carbocycles. The van der Waals surface area contributed by atoms with Crippen molar-refractivity contribution in [2.45, 2.75) is 91.5 Å². The molecule has 2 amide bonds. The summed E-state index contributed by atoms with van der Waals surface area (Å²) < 4.78 is 11.7. The van der Waals surface area contributed by atoms with Crippen LogP contribution in [0.5, 0.6) is 0 Å². The molecule has 0 bridgehead atoms. The van der Waals surface area contributed by atoms with E-state index in [1.807, 2.05) is 58.0 Å². The van der Waals surface area contributed by atoms with Crippen molar-refractivity contribution in [3.05, 3.63) is 52.3 Å². The summed E-state index contributed by atoms with van der Waals surface area (Å²) in [6.45, 7) is 8.19. The summed E-state index contributed by atoms with van der Waals surface area (Å²) in [7, 11) is 0. The second kappa shape index (κ2) is 13.9. The normalized spacial score (nSPS) is 15.4. The third-order valence-corrected chi connectivity index (χ3v) is 6.59. The molecule has 0 radical (unpaired) electrons. The van der Waals surface area contributed by atoms with E-state index in [0.717, 1.165) is 31.2 Å². The Morgan fingerprint density at radius 2 is 1.63 bits per heavy atom. The van der Waals surface area contributed by atoms with Gasteiger partial charge < -0.3 is 19.8 Å². The standard InChI is InChI=1S/C28H40N4O6/c1-18(2)14-22(24(33)26-31-32(28(36)38-26)16-20-10-8-9-11-20)29-25(34)23(15-19(3)4)30-27(35)37-17-21-12-6-5-7-13-21/h5-7,12-13,18-20,22-23H,8-11,14-17H2,1-4H3,(H,29,34)(H,30,35). The number of aromatic nitrogens is 2. The summed E-state index contributed by atoms with van der Waals surface area (Å²) >= 11 is 0. The lowest BCUT2D eigenvalue weighted by atomic mass is 9.98. The predicted octanol–water partition coefficient (Wildman–Crippen LogP) is 4.08. The molecular weight excluding hydrogens is 488 g/mol. The Hall–Kier alpha value is -3.43. The zero-order valence-electron chi connectivity index (χ0n) is 22.8. The molecule has 1 fully saturated rings. The molecule has 3 rings (SSSR count). The van der Waals surface area contributed by atoms with E-state index in [2.05, 4.69) is 15.7 Å². The van der Waals surface area contributed by atoms with Gasteiger partial charge >= 0.3 is 11.8 Å². The van der Waals surface area contributed by atoms with Crippen molar-refractivity contribution in [3.63, 3.8) is 0 Å². The first kappa shape index (κ1) is 29.1. The smallest absolute Gasteiger partial charge is 0.437 e. The molecular formula is C28H40N4O6. The monoisotopic (exact) mass is 528 g/mol. The van der Waals surface area contributed by atoms with Crippen LogP contribution in [0.25, 0.3) is 0 Å². The number of nitrogens with zero attached hydrogens (tertiary/aromatic N) is 2. The lowest BCUT2D eigenvalue weighted by Gasteiger charge is -2.24. The number of ketones is 1. The van der Waals surface area contributed by atoms with Gasteiger partial charge in [0.05, 0.1) is 12.6 Å². The Morgan fingerprint density at radius 3 is 2.26 bits per heavy atom. The van der Waals surface area contributed by atoms with Crippen molar-refractivity contribution in [2.24, 2.45) is 17.8 Å². The van der Waals surface area contributed by atoms with Gasteiger partial charge in [0.15, 0.2) is 0 Å². The maximum atomic E-state index is 13.3. The van der Waals surface area contributed by atoms with E-state index in [1.165, 1.54) is 4.68 Å². The van der Waals surface area contributed by atoms with Gasteiger partial charge in [-0.2, -0.15) is 4.68 Å². The highest BCUT2D eigenvalue weighted by atomic mass is 16.5. The number of ether oxygens (including phenoxy) is 1. The maximum absolute atomic E-state index is 13.3. The molecule has 10 heteroatoms. The zero-order valence-corrected chi connectivity index (χ0v) is 22.8. The molecule has 0 aliphatic heterocycles. The van der Waals surface area contributed by atoms with Crippen LogP contribution in [0.15, 0.2) is 39.5 Å². The number of carbonyl (C=O) groups excluding carboxylic acids is 3. The van der Waals surface area contributed by atoms with Crippen LogP contribution in [0.4, 0.5) is 4.79 Å². The first-order valence-electron chi connectivity index (χ1n) is 13.5. The Bertz CT molecular complexity index is 1120. The number of hydrogen-bond donors (Lipinski definition) is 2. The molecule has 38 heavy (non-hydrogen) atoms. The van der Waals surface area contributed by atoms with Crippen LogP contribution in [-0.2, 0) is 22.7 Å². The molecule has 10 nitrogen and oxygen atoms in total. The fourth-order valence-corrected chi connectivity index (χ4v) is 4.69. The molecule has 0 spiro atoms. The second-order valence-corrected chi connectivity index (χ2v) is 10.9. The quantitative estimate of drug-likeness (QED) is 0.374. The fourth-order valence-electron chi connectivity index (χ4n) is 4.69. The van der Waals surface area contributed by atoms with E-state index in [9.17, 15) is 19.2 Å². The summed E-state index contributed by atoms with van der Waals surface area (Å²) in [4.78, 5) is 51.4. The van der Waals surface area contributed by atoms with E-state index in [0.29, 0.717) is 25.3 Å². The van der Waals surface area contributed by atoms with E-state index in [-0.39, 0.29) is 24.3 Å². The average Bonchev–Trinajstić information content (AvgIpc) is 3.51. The molecule has 2 N–H and O–H groups in total. The lowest BCUT2D eigenvalue weighted by molar-refractivity contribution is -0.124. The van der Waals surface area contributed by atoms with Crippen LogP contribution in [0.1, 0.15) is 82.5 Å². The fraction of sp³-hybridized carbons (Fsp3) is 0.607. The summed E-state index contributed by atoms with van der Waals surface area (Å²) in [5, 5.41) is 9.55. The third kappa shape index (κ3) is 8.85. The molecule has 0 saturated heterocycles. The van der Waals surface area contributed by atoms with Gasteiger partial charge in [-0.25, -0.2) is 9.59 Å². The molecule has 1 aliphatic rings. The van der Waals surface area contributed by atoms with E-state index >= 15 is 0 Å². The Kier molecular flexibility index (Phi) is 10.7. The molecule has 2 unspecified atom stereocenters. The first-order valence-corrected chi connectivity index (χ1v) is 13.5. The van der Waals surface area contributed by atoms with Gasteiger partial charge in [0.25, 0.3) is 5.89 Å². The minimum Gasteiger partial charge on any atom is -0.445 e. The van der Waals surface area contributed by atoms with Crippen molar-refractivity contribution in [1.29, 1.82) is 0 Å². The molecule has 1 heterocycles. The Morgan fingerprint density at radius 1 is 1.00 bits per heavy atom. The number of carbonyl (C=O) groups is 3. The average molecular weight is 529 g/mol. The van der Waals surface area contributed by atoms with Crippen molar-refractivity contribution in [2.75, 3.05) is 0 Å². The van der Waals surface area contributed by atoms with Gasteiger partial charge in [-0.15, -0.1) is 5.10 Å². The van der Waals surface area contributed by atoms with Crippen LogP contribution in [0.3, 0.4) is 0 Å². The second-order valence-electron chi connectivity index (χ2n) is 10.9. The van der Waals surface area contributed by atoms with Gasteiger partial charge in [0, 0.05) is 0 Å². The number of alkyl carbamates (subject to hydrolysis) is 1. The minimum atomic E-state index is -0.961. The molecule has 1 aromatic heterocycles. The minimum absolute atomic E-state index is 0.0592. The summed E-state index contributed by atoms with van der Waals surface area (Å²) in [5.41, 5.74) is 0.823. The van der Waals surface area contributed by atoms with E-state index in [1.54, 1.807) is 0 Å². The molecule has 1 aromatic carbocycles. The van der Waals surface area contributed by atoms with Crippen molar-refractivity contribution in [1.82, 2.24) is 20.4 Å². The first-order chi connectivity index (χ1) is 18.1. The topological polar surface area (TPSA) is 133 Å². The SMILES string of the molecule is CC(C)CC(NC(=O)OCc1ccccc1)C(=O)NC(CC(C)C)C(=O)c1nn(CC2CCCC2)c(=O)o1. The highest BCUT2D eigenvalue weighted by Gasteiger charge is 2.32. The lowest BCUT2D eigenvalue weighted by Crippen LogP contribution is -2.52. The van der Waals surface area contributed by atoms with Gasteiger partial charge in [0.2, 0.25) is 11.7 Å². The van der Waals surface area contributed by atoms with Crippen LogP contribution in [-0.4, -0.2) is 39.6 Å².